The van der Waals surface area contributed by atoms with Gasteiger partial charge in [0.2, 0.25) is 5.09 Å². The van der Waals surface area contributed by atoms with Crippen molar-refractivity contribution in [2.75, 3.05) is 19.6 Å². The van der Waals surface area contributed by atoms with Crippen molar-refractivity contribution in [3.05, 3.63) is 17.9 Å². The molecule has 0 atom stereocenters. The summed E-state index contributed by atoms with van der Waals surface area (Å²) in [4.78, 5) is 2.56. The molecule has 1 saturated heterocycles. The molecule has 5 nitrogen and oxygen atoms in total. The lowest BCUT2D eigenvalue weighted by molar-refractivity contribution is 0.129. The lowest BCUT2D eigenvalue weighted by atomic mass is 9.94. The zero-order chi connectivity index (χ0) is 17.3. The molecule has 2 aliphatic carbocycles. The van der Waals surface area contributed by atoms with Gasteiger partial charge in [-0.2, -0.15) is 4.31 Å². The van der Waals surface area contributed by atoms with Crippen LogP contribution in [0.15, 0.2) is 21.6 Å². The van der Waals surface area contributed by atoms with Crippen LogP contribution in [0.4, 0.5) is 0 Å². The molecule has 2 heterocycles. The third-order valence-corrected chi connectivity index (χ3v) is 7.71. The van der Waals surface area contributed by atoms with Gasteiger partial charge in [0.1, 0.15) is 5.76 Å². The van der Waals surface area contributed by atoms with E-state index < -0.39 is 10.0 Å². The standard InChI is InChI=1S/C19H30N2O3S/c22-25(23,21-12-4-5-13-21)19-11-10-18(24-19)15-20(14-16-8-9-16)17-6-2-1-3-7-17/h10-11,16-17H,1-9,12-15H2. The van der Waals surface area contributed by atoms with Crippen LogP contribution in [0.25, 0.3) is 0 Å². The van der Waals surface area contributed by atoms with Crippen molar-refractivity contribution >= 4 is 10.0 Å². The largest absolute Gasteiger partial charge is 0.447 e. The van der Waals surface area contributed by atoms with Crippen molar-refractivity contribution in [1.29, 1.82) is 0 Å². The number of sulfonamides is 1. The second kappa shape index (κ2) is 7.41. The Bertz CT molecular complexity index is 669. The molecule has 0 bridgehead atoms. The molecule has 25 heavy (non-hydrogen) atoms. The fourth-order valence-corrected chi connectivity index (χ4v) is 5.70. The lowest BCUT2D eigenvalue weighted by Crippen LogP contribution is -2.37. The molecule has 3 fully saturated rings. The summed E-state index contributed by atoms with van der Waals surface area (Å²) in [6.45, 7) is 3.12. The van der Waals surface area contributed by atoms with Crippen molar-refractivity contribution in [3.8, 4) is 0 Å². The first-order valence-electron chi connectivity index (χ1n) is 9.96. The monoisotopic (exact) mass is 366 g/mol. The molecular weight excluding hydrogens is 336 g/mol. The summed E-state index contributed by atoms with van der Waals surface area (Å²) < 4.78 is 32.7. The Morgan fingerprint density at radius 1 is 1.00 bits per heavy atom. The fraction of sp³-hybridized carbons (Fsp3) is 0.789. The van der Waals surface area contributed by atoms with Gasteiger partial charge in [-0.25, -0.2) is 8.42 Å². The second-order valence-electron chi connectivity index (χ2n) is 8.00. The Morgan fingerprint density at radius 2 is 1.72 bits per heavy atom. The van der Waals surface area contributed by atoms with Crippen LogP contribution in [0.3, 0.4) is 0 Å². The number of nitrogens with zero attached hydrogens (tertiary/aromatic N) is 2. The summed E-state index contributed by atoms with van der Waals surface area (Å²) in [5, 5.41) is 0.124. The van der Waals surface area contributed by atoms with E-state index in [2.05, 4.69) is 4.90 Å². The van der Waals surface area contributed by atoms with Gasteiger partial charge in [0, 0.05) is 25.7 Å². The van der Waals surface area contributed by atoms with Crippen LogP contribution >= 0.6 is 0 Å². The highest BCUT2D eigenvalue weighted by Gasteiger charge is 2.32. The van der Waals surface area contributed by atoms with Crippen LogP contribution in [-0.2, 0) is 16.6 Å². The molecule has 0 unspecified atom stereocenters. The zero-order valence-electron chi connectivity index (χ0n) is 15.0. The highest BCUT2D eigenvalue weighted by atomic mass is 32.2. The quantitative estimate of drug-likeness (QED) is 0.740. The average molecular weight is 367 g/mol. The highest BCUT2D eigenvalue weighted by Crippen LogP contribution is 2.34. The van der Waals surface area contributed by atoms with Crippen LogP contribution in [0, 0.1) is 5.92 Å². The molecule has 2 saturated carbocycles. The Morgan fingerprint density at radius 3 is 2.40 bits per heavy atom. The Kier molecular flexibility index (Phi) is 5.20. The number of hydrogen-bond acceptors (Lipinski definition) is 4. The van der Waals surface area contributed by atoms with E-state index in [1.54, 1.807) is 10.4 Å². The lowest BCUT2D eigenvalue weighted by Gasteiger charge is -2.33. The first kappa shape index (κ1) is 17.6. The smallest absolute Gasteiger partial charge is 0.276 e. The molecule has 0 N–H and O–H groups in total. The minimum Gasteiger partial charge on any atom is -0.447 e. The summed E-state index contributed by atoms with van der Waals surface area (Å²) >= 11 is 0. The van der Waals surface area contributed by atoms with Crippen molar-refractivity contribution in [3.63, 3.8) is 0 Å². The highest BCUT2D eigenvalue weighted by molar-refractivity contribution is 7.89. The van der Waals surface area contributed by atoms with Crippen LogP contribution in [0.5, 0.6) is 0 Å². The Hall–Kier alpha value is -0.850. The van der Waals surface area contributed by atoms with E-state index >= 15 is 0 Å². The third-order valence-electron chi connectivity index (χ3n) is 5.94. The molecule has 4 rings (SSSR count). The first-order valence-corrected chi connectivity index (χ1v) is 11.4. The Balaban J connectivity index is 1.46. The van der Waals surface area contributed by atoms with Crippen LogP contribution in [0.2, 0.25) is 0 Å². The average Bonchev–Trinajstić information content (AvgIpc) is 3.09. The van der Waals surface area contributed by atoms with E-state index in [0.717, 1.165) is 37.6 Å². The van der Waals surface area contributed by atoms with Gasteiger partial charge >= 0.3 is 0 Å². The topological polar surface area (TPSA) is 53.8 Å². The number of furan rings is 1. The van der Waals surface area contributed by atoms with E-state index in [9.17, 15) is 8.42 Å². The molecule has 1 aromatic heterocycles. The molecule has 0 spiro atoms. The molecule has 1 aromatic rings. The molecule has 6 heteroatoms. The molecule has 1 aliphatic heterocycles. The van der Waals surface area contributed by atoms with E-state index in [4.69, 9.17) is 4.42 Å². The summed E-state index contributed by atoms with van der Waals surface area (Å²) in [6, 6.07) is 4.16. The van der Waals surface area contributed by atoms with Gasteiger partial charge in [-0.1, -0.05) is 19.3 Å². The molecule has 0 aromatic carbocycles. The van der Waals surface area contributed by atoms with Crippen molar-refractivity contribution in [2.24, 2.45) is 5.92 Å². The van der Waals surface area contributed by atoms with E-state index in [1.165, 1.54) is 44.9 Å². The molecular formula is C19H30N2O3S. The fourth-order valence-electron chi connectivity index (χ4n) is 4.26. The van der Waals surface area contributed by atoms with E-state index in [0.29, 0.717) is 19.1 Å². The van der Waals surface area contributed by atoms with Crippen LogP contribution in [0.1, 0.15) is 63.5 Å². The zero-order valence-corrected chi connectivity index (χ0v) is 15.8. The van der Waals surface area contributed by atoms with Gasteiger partial charge in [0.25, 0.3) is 10.0 Å². The predicted octanol–water partition coefficient (Wildman–Crippen LogP) is 3.61. The first-order chi connectivity index (χ1) is 12.1. The van der Waals surface area contributed by atoms with Gasteiger partial charge < -0.3 is 4.42 Å². The summed E-state index contributed by atoms with van der Waals surface area (Å²) in [5.41, 5.74) is 0. The van der Waals surface area contributed by atoms with E-state index in [1.807, 2.05) is 6.07 Å². The maximum Gasteiger partial charge on any atom is 0.276 e. The van der Waals surface area contributed by atoms with Crippen LogP contribution in [-0.4, -0.2) is 43.3 Å². The maximum absolute atomic E-state index is 12.6. The second-order valence-corrected chi connectivity index (χ2v) is 9.87. The molecule has 0 amide bonds. The summed E-state index contributed by atoms with van der Waals surface area (Å²) in [5.74, 6) is 1.63. The van der Waals surface area contributed by atoms with Gasteiger partial charge in [0.05, 0.1) is 6.54 Å². The SMILES string of the molecule is O=S(=O)(c1ccc(CN(CC2CC2)C2CCCCC2)o1)N1CCCC1. The number of hydrogen-bond donors (Lipinski definition) is 0. The minimum absolute atomic E-state index is 0.124. The van der Waals surface area contributed by atoms with Gasteiger partial charge in [-0.3, -0.25) is 4.90 Å². The Labute approximate surface area is 151 Å². The minimum atomic E-state index is -3.44. The van der Waals surface area contributed by atoms with Gasteiger partial charge in [-0.05, 0) is 56.6 Å². The molecule has 0 radical (unpaired) electrons. The van der Waals surface area contributed by atoms with Crippen molar-refractivity contribution < 1.29 is 12.8 Å². The van der Waals surface area contributed by atoms with Crippen molar-refractivity contribution in [1.82, 2.24) is 9.21 Å². The normalized spacial score (nSPS) is 23.6. The van der Waals surface area contributed by atoms with E-state index in [-0.39, 0.29) is 5.09 Å². The summed E-state index contributed by atoms with van der Waals surface area (Å²) in [6.07, 6.45) is 11.1. The van der Waals surface area contributed by atoms with Crippen LogP contribution < -0.4 is 0 Å². The molecule has 3 aliphatic rings. The predicted molar refractivity (Wildman–Crippen MR) is 96.7 cm³/mol. The van der Waals surface area contributed by atoms with Crippen molar-refractivity contribution in [2.45, 2.75) is 75.5 Å². The van der Waals surface area contributed by atoms with Gasteiger partial charge in [-0.15, -0.1) is 0 Å². The summed E-state index contributed by atoms with van der Waals surface area (Å²) in [7, 11) is -3.44. The maximum atomic E-state index is 12.6. The third kappa shape index (κ3) is 4.12. The number of rotatable bonds is 7. The van der Waals surface area contributed by atoms with Gasteiger partial charge in [0.15, 0.2) is 0 Å². The molecule has 140 valence electrons.